The monoisotopic (exact) mass is 474 g/mol. The highest BCUT2D eigenvalue weighted by Crippen LogP contribution is 2.40. The van der Waals surface area contributed by atoms with Crippen molar-refractivity contribution < 1.29 is 14.7 Å². The molecule has 2 saturated carbocycles. The van der Waals surface area contributed by atoms with Gasteiger partial charge < -0.3 is 21.1 Å². The normalized spacial score (nSPS) is 24.4. The molecule has 9 nitrogen and oxygen atoms in total. The molecule has 1 unspecified atom stereocenters. The Balaban J connectivity index is 1.32. The molecule has 0 saturated heterocycles. The number of anilines is 1. The summed E-state index contributed by atoms with van der Waals surface area (Å²) in [7, 11) is 0. The zero-order valence-electron chi connectivity index (χ0n) is 20.2. The minimum absolute atomic E-state index is 0.104. The lowest BCUT2D eigenvalue weighted by Crippen LogP contribution is -2.53. The smallest absolute Gasteiger partial charge is 0.259 e. The number of hydrogen-bond acceptors (Lipinski definition) is 6. The fraction of sp³-hybridized carbons (Fsp3) is 0.462. The van der Waals surface area contributed by atoms with Gasteiger partial charge in [-0.05, 0) is 81.7 Å². The van der Waals surface area contributed by atoms with Crippen molar-refractivity contribution in [1.29, 1.82) is 0 Å². The van der Waals surface area contributed by atoms with Crippen LogP contribution in [0.25, 0.3) is 16.9 Å². The van der Waals surface area contributed by atoms with E-state index >= 15 is 0 Å². The largest absolute Gasteiger partial charge is 0.390 e. The van der Waals surface area contributed by atoms with Gasteiger partial charge in [-0.1, -0.05) is 0 Å². The first-order valence-electron chi connectivity index (χ1n) is 12.2. The molecule has 2 aliphatic carbocycles. The fourth-order valence-electron chi connectivity index (χ4n) is 5.69. The van der Waals surface area contributed by atoms with Crippen molar-refractivity contribution in [3.63, 3.8) is 0 Å². The number of fused-ring (bicyclic) bond motifs is 2. The van der Waals surface area contributed by atoms with Crippen molar-refractivity contribution in [1.82, 2.24) is 24.8 Å². The third-order valence-corrected chi connectivity index (χ3v) is 7.77. The lowest BCUT2D eigenvalue weighted by Gasteiger charge is -2.41. The highest BCUT2D eigenvalue weighted by Gasteiger charge is 2.40. The van der Waals surface area contributed by atoms with E-state index in [2.05, 4.69) is 17.3 Å². The molecule has 2 fully saturated rings. The molecule has 1 atom stereocenters. The summed E-state index contributed by atoms with van der Waals surface area (Å²) in [5, 5.41) is 17.2. The maximum atomic E-state index is 13.1. The number of hydrogen-bond donors (Lipinski definition) is 3. The van der Waals surface area contributed by atoms with Crippen molar-refractivity contribution in [2.24, 2.45) is 5.92 Å². The van der Waals surface area contributed by atoms with Crippen LogP contribution in [0.1, 0.15) is 71.4 Å². The van der Waals surface area contributed by atoms with Gasteiger partial charge in [0, 0.05) is 36.0 Å². The Morgan fingerprint density at radius 1 is 1.31 bits per heavy atom. The fourth-order valence-corrected chi connectivity index (χ4v) is 5.69. The van der Waals surface area contributed by atoms with Gasteiger partial charge in [-0.3, -0.25) is 9.59 Å². The first kappa shape index (κ1) is 22.0. The number of aliphatic hydroxyl groups is 1. The summed E-state index contributed by atoms with van der Waals surface area (Å²) >= 11 is 0. The second-order valence-corrected chi connectivity index (χ2v) is 10.8. The quantitative estimate of drug-likeness (QED) is 0.522. The average Bonchev–Trinajstić information content (AvgIpc) is 3.49. The zero-order valence-corrected chi connectivity index (χ0v) is 20.2. The Kier molecular flexibility index (Phi) is 4.73. The molecule has 2 amide bonds. The molecule has 3 aliphatic rings. The number of carbonyl (C=O) groups is 2. The molecule has 1 aliphatic heterocycles. The standard InChI is InChI=1S/C26H30N6O3/c1-13-8-16(9-17-12-31(25(34)20(13)17)14(2)15-4-5-15)19-6-7-32-23(29-19)21(22(27)30-32)24(33)28-18-10-26(3,35)11-18/h6-9,14-15,18,35H,4-5,10-12H2,1-3H3,(H2,27,30)(H,28,33). The molecule has 2 aromatic heterocycles. The molecule has 3 heterocycles. The van der Waals surface area contributed by atoms with Gasteiger partial charge in [-0.15, -0.1) is 5.10 Å². The molecule has 0 radical (unpaired) electrons. The van der Waals surface area contributed by atoms with Gasteiger partial charge in [0.25, 0.3) is 11.8 Å². The summed E-state index contributed by atoms with van der Waals surface area (Å²) in [6.45, 7) is 6.48. The average molecular weight is 475 g/mol. The number of aryl methyl sites for hydroxylation is 1. The number of benzene rings is 1. The van der Waals surface area contributed by atoms with Crippen LogP contribution >= 0.6 is 0 Å². The van der Waals surface area contributed by atoms with Crippen molar-refractivity contribution in [3.8, 4) is 11.3 Å². The first-order valence-corrected chi connectivity index (χ1v) is 12.2. The lowest BCUT2D eigenvalue weighted by atomic mass is 9.77. The van der Waals surface area contributed by atoms with Gasteiger partial charge in [0.05, 0.1) is 11.3 Å². The molecule has 4 N–H and O–H groups in total. The van der Waals surface area contributed by atoms with Crippen molar-refractivity contribution >= 4 is 23.3 Å². The van der Waals surface area contributed by atoms with Gasteiger partial charge in [0.1, 0.15) is 5.56 Å². The Bertz CT molecular complexity index is 1380. The van der Waals surface area contributed by atoms with Gasteiger partial charge in [0.15, 0.2) is 11.5 Å². The maximum absolute atomic E-state index is 13.1. The second-order valence-electron chi connectivity index (χ2n) is 10.8. The number of nitrogens with zero attached hydrogens (tertiary/aromatic N) is 4. The minimum Gasteiger partial charge on any atom is -0.390 e. The summed E-state index contributed by atoms with van der Waals surface area (Å²) in [5.74, 6) is 0.492. The van der Waals surface area contributed by atoms with Crippen LogP contribution in [-0.4, -0.2) is 54.1 Å². The molecule has 6 rings (SSSR count). The van der Waals surface area contributed by atoms with Crippen LogP contribution in [0.15, 0.2) is 24.4 Å². The highest BCUT2D eigenvalue weighted by molar-refractivity contribution is 6.04. The number of nitrogens with two attached hydrogens (primary N) is 1. The minimum atomic E-state index is -0.741. The van der Waals surface area contributed by atoms with Crippen LogP contribution in [0, 0.1) is 12.8 Å². The molecule has 0 spiro atoms. The Labute approximate surface area is 203 Å². The van der Waals surface area contributed by atoms with E-state index in [0.717, 1.165) is 22.3 Å². The number of aromatic nitrogens is 3. The van der Waals surface area contributed by atoms with E-state index in [-0.39, 0.29) is 35.3 Å². The van der Waals surface area contributed by atoms with Gasteiger partial charge in [-0.2, -0.15) is 0 Å². The third-order valence-electron chi connectivity index (χ3n) is 7.77. The molecular formula is C26H30N6O3. The molecule has 9 heteroatoms. The van der Waals surface area contributed by atoms with Gasteiger partial charge in [0.2, 0.25) is 0 Å². The number of nitrogens with one attached hydrogen (secondary N) is 1. The predicted molar refractivity (Wildman–Crippen MR) is 131 cm³/mol. The summed E-state index contributed by atoms with van der Waals surface area (Å²) in [5.41, 5.74) is 10.3. The van der Waals surface area contributed by atoms with E-state index < -0.39 is 5.60 Å². The van der Waals surface area contributed by atoms with Crippen LogP contribution in [-0.2, 0) is 6.54 Å². The van der Waals surface area contributed by atoms with Crippen LogP contribution in [0.3, 0.4) is 0 Å². The molecule has 182 valence electrons. The van der Waals surface area contributed by atoms with E-state index in [1.54, 1.807) is 13.1 Å². The molecule has 0 bridgehead atoms. The number of carbonyl (C=O) groups excluding carboxylic acids is 2. The summed E-state index contributed by atoms with van der Waals surface area (Å²) in [4.78, 5) is 32.9. The van der Waals surface area contributed by atoms with Crippen molar-refractivity contribution in [3.05, 3.63) is 46.6 Å². The topological polar surface area (TPSA) is 126 Å². The van der Waals surface area contributed by atoms with E-state index in [4.69, 9.17) is 10.7 Å². The molecule has 3 aromatic rings. The van der Waals surface area contributed by atoms with Crippen LogP contribution in [0.4, 0.5) is 5.82 Å². The third kappa shape index (κ3) is 3.65. The Morgan fingerprint density at radius 2 is 2.06 bits per heavy atom. The van der Waals surface area contributed by atoms with Crippen molar-refractivity contribution in [2.45, 2.75) is 70.7 Å². The maximum Gasteiger partial charge on any atom is 0.259 e. The summed E-state index contributed by atoms with van der Waals surface area (Å²) < 4.78 is 1.51. The SMILES string of the molecule is Cc1cc(-c2ccn3nc(N)c(C(=O)NC4CC(C)(O)C4)c3n2)cc2c1C(=O)N(C(C)C1CC1)C2. The number of rotatable bonds is 5. The molecule has 1 aromatic carbocycles. The Morgan fingerprint density at radius 3 is 2.74 bits per heavy atom. The lowest BCUT2D eigenvalue weighted by molar-refractivity contribution is -0.0366. The highest BCUT2D eigenvalue weighted by atomic mass is 16.3. The predicted octanol–water partition coefficient (Wildman–Crippen LogP) is 2.68. The molecular weight excluding hydrogens is 444 g/mol. The van der Waals surface area contributed by atoms with E-state index in [1.807, 2.05) is 30.0 Å². The number of nitrogen functional groups attached to an aromatic ring is 1. The number of amides is 2. The van der Waals surface area contributed by atoms with Crippen molar-refractivity contribution in [2.75, 3.05) is 5.73 Å². The van der Waals surface area contributed by atoms with E-state index in [0.29, 0.717) is 36.6 Å². The van der Waals surface area contributed by atoms with Crippen LogP contribution in [0.2, 0.25) is 0 Å². The Hall–Kier alpha value is -3.46. The van der Waals surface area contributed by atoms with Crippen LogP contribution < -0.4 is 11.1 Å². The van der Waals surface area contributed by atoms with E-state index in [1.165, 1.54) is 17.4 Å². The summed E-state index contributed by atoms with van der Waals surface area (Å²) in [6, 6.07) is 6.01. The second kappa shape index (κ2) is 7.52. The summed E-state index contributed by atoms with van der Waals surface area (Å²) in [6.07, 6.45) is 5.13. The first-order chi connectivity index (χ1) is 16.6. The zero-order chi connectivity index (χ0) is 24.6. The van der Waals surface area contributed by atoms with E-state index in [9.17, 15) is 14.7 Å². The van der Waals surface area contributed by atoms with Gasteiger partial charge >= 0.3 is 0 Å². The molecule has 35 heavy (non-hydrogen) atoms. The van der Waals surface area contributed by atoms with Gasteiger partial charge in [-0.25, -0.2) is 9.50 Å². The van der Waals surface area contributed by atoms with Crippen LogP contribution in [0.5, 0.6) is 0 Å².